The summed E-state index contributed by atoms with van der Waals surface area (Å²) in [7, 11) is 0. The van der Waals surface area contributed by atoms with E-state index in [1.807, 2.05) is 37.3 Å². The number of nitriles is 1. The maximum atomic E-state index is 12.1. The molecule has 3 aliphatic heterocycles. The zero-order valence-electron chi connectivity index (χ0n) is 53.6. The second-order valence-electron chi connectivity index (χ2n) is 24.5. The summed E-state index contributed by atoms with van der Waals surface area (Å²) in [6.45, 7) is 15.5. The Hall–Kier alpha value is -8.43. The molecule has 0 amide bonds. The number of halogens is 1. The molecule has 93 heavy (non-hydrogen) atoms. The quantitative estimate of drug-likeness (QED) is 0.0347. The summed E-state index contributed by atoms with van der Waals surface area (Å²) in [6.07, 6.45) is 22.3. The highest BCUT2D eigenvalue weighted by molar-refractivity contribution is 6.30. The molecule has 0 bridgehead atoms. The maximum Gasteiger partial charge on any atom is 0.316 e. The van der Waals surface area contributed by atoms with Crippen molar-refractivity contribution in [3.8, 4) is 12.1 Å². The number of aromatic nitrogens is 6. The smallest absolute Gasteiger partial charge is 0.316 e. The SMILES string of the molecule is CCN(c1ncc(C2(C(=O)O)CCC2)cc1Nc1ccc(C#N)cc1)C1CCOCC1.CCN(c1ncc(C2(C(=O)O)CCC2)cc1Nc1ccc(Cl)cn1)C1CCOCC1.CCOc1ncc(Nc2cc(C3(C(=O)O)CCC3)cnc2N(CC)C2CCOCC2)cn1. The van der Waals surface area contributed by atoms with Gasteiger partial charge < -0.3 is 64.9 Å². The lowest BCUT2D eigenvalue weighted by atomic mass is 9.65. The second-order valence-corrected chi connectivity index (χ2v) is 24.9. The Morgan fingerprint density at radius 1 is 0.527 bits per heavy atom. The van der Waals surface area contributed by atoms with Crippen molar-refractivity contribution in [2.75, 3.05) is 96.5 Å². The van der Waals surface area contributed by atoms with Gasteiger partial charge in [0.2, 0.25) is 0 Å². The van der Waals surface area contributed by atoms with Gasteiger partial charge in [-0.2, -0.15) is 5.26 Å². The lowest BCUT2D eigenvalue weighted by molar-refractivity contribution is -0.148. The van der Waals surface area contributed by atoms with E-state index in [1.54, 1.807) is 61.4 Å². The summed E-state index contributed by atoms with van der Waals surface area (Å²) >= 11 is 5.98. The van der Waals surface area contributed by atoms with E-state index in [9.17, 15) is 29.7 Å². The third kappa shape index (κ3) is 15.2. The van der Waals surface area contributed by atoms with Crippen LogP contribution in [0.2, 0.25) is 5.02 Å². The van der Waals surface area contributed by atoms with Gasteiger partial charge in [-0.15, -0.1) is 0 Å². The number of nitrogens with one attached hydrogen (secondary N) is 3. The molecule has 3 saturated carbocycles. The summed E-state index contributed by atoms with van der Waals surface area (Å²) in [5.41, 5.74) is 4.11. The largest absolute Gasteiger partial charge is 0.481 e. The van der Waals surface area contributed by atoms with Crippen molar-refractivity contribution in [1.82, 2.24) is 29.9 Å². The summed E-state index contributed by atoms with van der Waals surface area (Å²) in [5, 5.41) is 49.5. The number of carbonyl (C=O) groups is 3. The van der Waals surface area contributed by atoms with Crippen LogP contribution in [-0.2, 0) is 44.8 Å². The molecule has 1 aromatic carbocycles. The number of carboxylic acid groups (broad SMARTS) is 3. The van der Waals surface area contributed by atoms with Crippen molar-refractivity contribution in [1.29, 1.82) is 5.26 Å². The first kappa shape index (κ1) is 67.5. The van der Waals surface area contributed by atoms with Crippen LogP contribution in [0, 0.1) is 11.3 Å². The van der Waals surface area contributed by atoms with Gasteiger partial charge in [0.1, 0.15) is 5.82 Å². The maximum absolute atomic E-state index is 12.1. The van der Waals surface area contributed by atoms with Crippen LogP contribution in [0.15, 0.2) is 91.8 Å². The van der Waals surface area contributed by atoms with Crippen LogP contribution in [0.5, 0.6) is 6.01 Å². The number of aliphatic carboxylic acids is 3. The van der Waals surface area contributed by atoms with E-state index in [2.05, 4.69) is 72.4 Å². The van der Waals surface area contributed by atoms with Crippen LogP contribution < -0.4 is 35.4 Å². The van der Waals surface area contributed by atoms with Crippen molar-refractivity contribution in [2.45, 2.75) is 158 Å². The minimum atomic E-state index is -0.854. The van der Waals surface area contributed by atoms with Gasteiger partial charge in [-0.3, -0.25) is 14.4 Å². The second kappa shape index (κ2) is 31.0. The van der Waals surface area contributed by atoms with Crippen molar-refractivity contribution < 1.29 is 48.7 Å². The Balaban J connectivity index is 0.000000153. The topological polar surface area (TPSA) is 296 Å². The van der Waals surface area contributed by atoms with Gasteiger partial charge in [0.15, 0.2) is 17.5 Å². The molecule has 6 aliphatic rings. The Kier molecular flexibility index (Phi) is 22.5. The molecule has 3 aliphatic carbocycles. The molecular formula is C69H86ClN13O10. The standard InChI is InChI=1S/C24H28N4O3.C23H31N5O4.C22H27ClN4O3/c1-2-28(20-8-12-31-13-9-20)22-21(27-19-6-4-17(15-25)5-7-19)14-18(16-26-22)24(23(29)30)10-3-11-24;1-3-28(18-6-10-31-11-7-18)20-19(27-17-14-25-22(26-15-17)32-4-2)12-16(13-24-20)23(21(29)30)8-5-9-23;1-2-27(17-6-10-30-11-7-17)20-18(26-19-5-4-16(23)14-24-19)12-15(13-25-20)22(21(28)29)8-3-9-22/h4-7,14,16,20,27H,2-3,8-13H2,1H3,(H,29,30);12-15,18,27H,3-11H2,1-2H3,(H,29,30);4-5,12-14,17H,2-3,6-11H2,1H3,(H,24,26)(H,28,29). The van der Waals surface area contributed by atoms with Gasteiger partial charge in [-0.25, -0.2) is 29.9 Å². The summed E-state index contributed by atoms with van der Waals surface area (Å²) in [5.74, 6) is 0.722. The molecule has 494 valence electrons. The van der Waals surface area contributed by atoms with Crippen LogP contribution in [0.1, 0.15) is 146 Å². The van der Waals surface area contributed by atoms with Gasteiger partial charge in [-0.05, 0) is 176 Å². The predicted molar refractivity (Wildman–Crippen MR) is 356 cm³/mol. The molecule has 0 spiro atoms. The van der Waals surface area contributed by atoms with Gasteiger partial charge >= 0.3 is 23.9 Å². The molecule has 0 radical (unpaired) electrons. The Bertz CT molecular complexity index is 3530. The van der Waals surface area contributed by atoms with Crippen molar-refractivity contribution in [3.05, 3.63) is 119 Å². The first-order valence-corrected chi connectivity index (χ1v) is 33.2. The minimum Gasteiger partial charge on any atom is -0.481 e. The molecule has 0 atom stereocenters. The number of hydrogen-bond donors (Lipinski definition) is 6. The number of nitrogens with zero attached hydrogens (tertiary/aromatic N) is 10. The number of carboxylic acids is 3. The van der Waals surface area contributed by atoms with E-state index >= 15 is 0 Å². The molecule has 3 saturated heterocycles. The van der Waals surface area contributed by atoms with Crippen LogP contribution in [0.25, 0.3) is 0 Å². The number of hydrogen-bond acceptors (Lipinski definition) is 20. The van der Waals surface area contributed by atoms with Crippen molar-refractivity contribution >= 4 is 81.2 Å². The predicted octanol–water partition coefficient (Wildman–Crippen LogP) is 12.1. The highest BCUT2D eigenvalue weighted by Gasteiger charge is 2.49. The number of anilines is 9. The first-order chi connectivity index (χ1) is 45.2. The minimum absolute atomic E-state index is 0.321. The van der Waals surface area contributed by atoms with Crippen molar-refractivity contribution in [2.24, 2.45) is 0 Å². The fourth-order valence-corrected chi connectivity index (χ4v) is 13.5. The summed E-state index contributed by atoms with van der Waals surface area (Å²) in [4.78, 5) is 70.2. The van der Waals surface area contributed by atoms with E-state index in [-0.39, 0.29) is 0 Å². The molecule has 8 heterocycles. The monoisotopic (exact) mass is 1290 g/mol. The van der Waals surface area contributed by atoms with Crippen LogP contribution in [-0.4, -0.2) is 147 Å². The Morgan fingerprint density at radius 2 is 0.903 bits per heavy atom. The van der Waals surface area contributed by atoms with E-state index < -0.39 is 34.2 Å². The third-order valence-electron chi connectivity index (χ3n) is 19.3. The number of pyridine rings is 4. The fraction of sp³-hybridized carbons (Fsp3) is 0.507. The first-order valence-electron chi connectivity index (χ1n) is 32.8. The van der Waals surface area contributed by atoms with Crippen LogP contribution in [0.4, 0.5) is 51.7 Å². The van der Waals surface area contributed by atoms with Gasteiger partial charge in [-0.1, -0.05) is 30.9 Å². The highest BCUT2D eigenvalue weighted by Crippen LogP contribution is 2.49. The molecule has 0 unspecified atom stereocenters. The Morgan fingerprint density at radius 3 is 1.22 bits per heavy atom. The summed E-state index contributed by atoms with van der Waals surface area (Å²) < 4.78 is 21.9. The lowest BCUT2D eigenvalue weighted by Crippen LogP contribution is -2.43. The van der Waals surface area contributed by atoms with Crippen LogP contribution >= 0.6 is 11.6 Å². The van der Waals surface area contributed by atoms with Crippen LogP contribution in [0.3, 0.4) is 0 Å². The average molecular weight is 1290 g/mol. The zero-order chi connectivity index (χ0) is 65.5. The number of rotatable bonds is 23. The number of ether oxygens (including phenoxy) is 4. The molecule has 5 aromatic heterocycles. The van der Waals surface area contributed by atoms with Crippen molar-refractivity contribution in [3.63, 3.8) is 0 Å². The molecule has 6 aromatic rings. The van der Waals surface area contributed by atoms with E-state index in [0.29, 0.717) is 91.4 Å². The molecule has 6 N–H and O–H groups in total. The normalized spacial score (nSPS) is 18.1. The van der Waals surface area contributed by atoms with E-state index in [4.69, 9.17) is 50.8 Å². The van der Waals surface area contributed by atoms with Gasteiger partial charge in [0, 0.05) is 108 Å². The zero-order valence-corrected chi connectivity index (χ0v) is 54.4. The molecule has 24 heteroatoms. The molecule has 23 nitrogen and oxygen atoms in total. The van der Waals surface area contributed by atoms with E-state index in [0.717, 1.165) is 174 Å². The van der Waals surface area contributed by atoms with E-state index in [1.165, 1.54) is 0 Å². The average Bonchev–Trinajstić information content (AvgIpc) is 1.09. The fourth-order valence-electron chi connectivity index (χ4n) is 13.4. The lowest BCUT2D eigenvalue weighted by Gasteiger charge is -2.39. The molecular weight excluding hydrogens is 1210 g/mol. The molecule has 12 rings (SSSR count). The number of benzene rings is 1. The third-order valence-corrected chi connectivity index (χ3v) is 19.5. The summed E-state index contributed by atoms with van der Waals surface area (Å²) in [6, 6.07) is 20.1. The van der Waals surface area contributed by atoms with Gasteiger partial charge in [0.25, 0.3) is 0 Å². The highest BCUT2D eigenvalue weighted by atomic mass is 35.5. The van der Waals surface area contributed by atoms with Gasteiger partial charge in [0.05, 0.1) is 74.7 Å². The molecule has 6 fully saturated rings. The Labute approximate surface area is 548 Å².